The lowest BCUT2D eigenvalue weighted by atomic mass is 10.1. The highest BCUT2D eigenvalue weighted by molar-refractivity contribution is 7.99. The number of benzene rings is 2. The molecule has 0 aliphatic rings. The van der Waals surface area contributed by atoms with Crippen LogP contribution in [-0.4, -0.2) is 34.6 Å². The number of hydrogen-bond donors (Lipinski definition) is 1. The number of amides is 2. The Labute approximate surface area is 214 Å². The van der Waals surface area contributed by atoms with E-state index in [1.807, 2.05) is 20.8 Å². The summed E-state index contributed by atoms with van der Waals surface area (Å²) in [5.41, 5.74) is 1.12. The lowest BCUT2D eigenvalue weighted by molar-refractivity contribution is -0.139. The van der Waals surface area contributed by atoms with Crippen LogP contribution in [0.5, 0.6) is 0 Å². The smallest absolute Gasteiger partial charge is 0.243 e. The molecule has 0 aromatic heterocycles. The van der Waals surface area contributed by atoms with Crippen molar-refractivity contribution in [1.29, 1.82) is 0 Å². The normalized spacial score (nSPS) is 12.8. The van der Waals surface area contributed by atoms with Crippen molar-refractivity contribution in [2.45, 2.75) is 58.0 Å². The predicted octanol–water partition coefficient (Wildman–Crippen LogP) is 6.74. The van der Waals surface area contributed by atoms with Gasteiger partial charge in [0, 0.05) is 28.9 Å². The van der Waals surface area contributed by atoms with Crippen molar-refractivity contribution in [2.75, 3.05) is 5.75 Å². The first-order valence-electron chi connectivity index (χ1n) is 10.7. The third-order valence-electron chi connectivity index (χ3n) is 5.26. The minimum Gasteiger partial charge on any atom is -0.352 e. The van der Waals surface area contributed by atoms with E-state index in [1.54, 1.807) is 29.2 Å². The second-order valence-electron chi connectivity index (χ2n) is 7.71. The Hall–Kier alpha value is -1.47. The van der Waals surface area contributed by atoms with Crippen molar-refractivity contribution in [2.24, 2.45) is 0 Å². The fraction of sp³-hybridized carbons (Fsp3) is 0.417. The van der Waals surface area contributed by atoms with Gasteiger partial charge in [-0.25, -0.2) is 4.39 Å². The summed E-state index contributed by atoms with van der Waals surface area (Å²) in [5.74, 6) is -0.533. The van der Waals surface area contributed by atoms with E-state index in [9.17, 15) is 14.0 Å². The van der Waals surface area contributed by atoms with Gasteiger partial charge < -0.3 is 10.2 Å². The molecule has 0 saturated carbocycles. The highest BCUT2D eigenvalue weighted by Crippen LogP contribution is 2.26. The number of thioether (sulfide) groups is 1. The number of halogens is 4. The van der Waals surface area contributed by atoms with Gasteiger partial charge in [0.2, 0.25) is 11.8 Å². The van der Waals surface area contributed by atoms with Crippen molar-refractivity contribution < 1.29 is 14.0 Å². The number of rotatable bonds is 11. The third kappa shape index (κ3) is 8.06. The van der Waals surface area contributed by atoms with Crippen molar-refractivity contribution in [1.82, 2.24) is 10.2 Å². The third-order valence-corrected chi connectivity index (χ3v) is 7.29. The van der Waals surface area contributed by atoms with Gasteiger partial charge in [-0.1, -0.05) is 60.8 Å². The summed E-state index contributed by atoms with van der Waals surface area (Å²) in [6.45, 7) is 5.96. The summed E-state index contributed by atoms with van der Waals surface area (Å²) >= 11 is 19.5. The van der Waals surface area contributed by atoms with Gasteiger partial charge in [-0.05, 0) is 49.6 Å². The Kier molecular flexibility index (Phi) is 11.3. The molecule has 2 rings (SSSR count). The topological polar surface area (TPSA) is 49.4 Å². The van der Waals surface area contributed by atoms with Gasteiger partial charge in [0.05, 0.1) is 15.8 Å². The first-order chi connectivity index (χ1) is 15.7. The van der Waals surface area contributed by atoms with Crippen LogP contribution >= 0.6 is 46.6 Å². The van der Waals surface area contributed by atoms with Gasteiger partial charge >= 0.3 is 0 Å². The molecule has 0 aliphatic carbocycles. The molecular formula is C24H28Cl3FN2O2S. The largest absolute Gasteiger partial charge is 0.352 e. The highest BCUT2D eigenvalue weighted by Gasteiger charge is 2.29. The maximum Gasteiger partial charge on any atom is 0.243 e. The van der Waals surface area contributed by atoms with Crippen molar-refractivity contribution >= 4 is 58.4 Å². The molecule has 2 amide bonds. The molecule has 0 saturated heterocycles. The van der Waals surface area contributed by atoms with Gasteiger partial charge in [-0.15, -0.1) is 11.8 Å². The Morgan fingerprint density at radius 1 is 1.06 bits per heavy atom. The SMILES string of the molecule is CC[C@@H](C)NC(=O)[C@@H](CC)N(Cc1ccc(Cl)c(Cl)c1)C(=O)CSCc1c(F)cccc1Cl. The first kappa shape index (κ1) is 27.8. The van der Waals surface area contributed by atoms with Crippen molar-refractivity contribution in [3.8, 4) is 0 Å². The standard InChI is InChI=1S/C24H28Cl3FN2O2S/c1-4-15(3)29-24(32)22(5-2)30(12-16-9-10-19(26)20(27)11-16)23(31)14-33-13-17-18(25)7-6-8-21(17)28/h6-11,15,22H,4-5,12-14H2,1-3H3,(H,29,32)/t15-,22-/m1/s1. The summed E-state index contributed by atoms with van der Waals surface area (Å²) < 4.78 is 14.1. The molecule has 33 heavy (non-hydrogen) atoms. The van der Waals surface area contributed by atoms with Gasteiger partial charge in [-0.3, -0.25) is 9.59 Å². The van der Waals surface area contributed by atoms with E-state index in [0.717, 1.165) is 12.0 Å². The number of nitrogens with zero attached hydrogens (tertiary/aromatic N) is 1. The molecule has 180 valence electrons. The quantitative estimate of drug-likeness (QED) is 0.348. The lowest BCUT2D eigenvalue weighted by Crippen LogP contribution is -2.51. The maximum absolute atomic E-state index is 14.1. The molecule has 0 fully saturated rings. The van der Waals surface area contributed by atoms with Gasteiger partial charge in [0.25, 0.3) is 0 Å². The number of hydrogen-bond acceptors (Lipinski definition) is 3. The minimum atomic E-state index is -0.654. The Morgan fingerprint density at radius 2 is 1.79 bits per heavy atom. The van der Waals surface area contributed by atoms with Crippen LogP contribution in [0.4, 0.5) is 4.39 Å². The summed E-state index contributed by atoms with van der Waals surface area (Å²) in [7, 11) is 0. The molecule has 2 aromatic carbocycles. The first-order valence-corrected chi connectivity index (χ1v) is 13.0. The summed E-state index contributed by atoms with van der Waals surface area (Å²) in [6.07, 6.45) is 1.22. The average Bonchev–Trinajstić information content (AvgIpc) is 2.77. The summed E-state index contributed by atoms with van der Waals surface area (Å²) in [4.78, 5) is 27.8. The molecular weight excluding hydrogens is 506 g/mol. The van der Waals surface area contributed by atoms with E-state index in [-0.39, 0.29) is 35.9 Å². The van der Waals surface area contributed by atoms with E-state index in [0.29, 0.717) is 27.1 Å². The second kappa shape index (κ2) is 13.4. The van der Waals surface area contributed by atoms with Crippen LogP contribution in [0, 0.1) is 5.82 Å². The van der Waals surface area contributed by atoms with E-state index in [2.05, 4.69) is 5.32 Å². The zero-order valence-electron chi connectivity index (χ0n) is 18.8. The van der Waals surface area contributed by atoms with Crippen LogP contribution in [0.3, 0.4) is 0 Å². The number of carbonyl (C=O) groups excluding carboxylic acids is 2. The highest BCUT2D eigenvalue weighted by atomic mass is 35.5. The van der Waals surface area contributed by atoms with Crippen molar-refractivity contribution in [3.63, 3.8) is 0 Å². The van der Waals surface area contributed by atoms with Crippen LogP contribution in [0.15, 0.2) is 36.4 Å². The van der Waals surface area contributed by atoms with Crippen LogP contribution in [-0.2, 0) is 21.9 Å². The predicted molar refractivity (Wildman–Crippen MR) is 137 cm³/mol. The molecule has 0 spiro atoms. The number of carbonyl (C=O) groups is 2. The number of nitrogens with one attached hydrogen (secondary N) is 1. The summed E-state index contributed by atoms with van der Waals surface area (Å²) in [5, 5.41) is 4.08. The Morgan fingerprint density at radius 3 is 2.39 bits per heavy atom. The Bertz CT molecular complexity index is 956. The molecule has 0 bridgehead atoms. The zero-order chi connectivity index (χ0) is 24.5. The molecule has 1 N–H and O–H groups in total. The molecule has 0 radical (unpaired) electrons. The van der Waals surface area contributed by atoms with Crippen molar-refractivity contribution in [3.05, 3.63) is 68.4 Å². The Balaban J connectivity index is 2.21. The fourth-order valence-corrected chi connectivity index (χ4v) is 4.76. The average molecular weight is 534 g/mol. The molecule has 0 aliphatic heterocycles. The lowest BCUT2D eigenvalue weighted by Gasteiger charge is -2.31. The van der Waals surface area contributed by atoms with E-state index >= 15 is 0 Å². The molecule has 9 heteroatoms. The molecule has 2 aromatic rings. The van der Waals surface area contributed by atoms with Crippen LogP contribution in [0.1, 0.15) is 44.7 Å². The van der Waals surface area contributed by atoms with E-state index in [4.69, 9.17) is 34.8 Å². The van der Waals surface area contributed by atoms with Gasteiger partial charge in [-0.2, -0.15) is 0 Å². The molecule has 4 nitrogen and oxygen atoms in total. The second-order valence-corrected chi connectivity index (χ2v) is 9.91. The molecule has 0 unspecified atom stereocenters. The zero-order valence-corrected chi connectivity index (χ0v) is 21.9. The van der Waals surface area contributed by atoms with Gasteiger partial charge in [0.1, 0.15) is 11.9 Å². The maximum atomic E-state index is 14.1. The summed E-state index contributed by atoms with van der Waals surface area (Å²) in [6, 6.07) is 8.96. The molecule has 2 atom stereocenters. The van der Waals surface area contributed by atoms with E-state index in [1.165, 1.54) is 23.9 Å². The van der Waals surface area contributed by atoms with Gasteiger partial charge in [0.15, 0.2) is 0 Å². The monoisotopic (exact) mass is 532 g/mol. The van der Waals surface area contributed by atoms with Crippen LogP contribution in [0.2, 0.25) is 15.1 Å². The minimum absolute atomic E-state index is 0.00829. The fourth-order valence-electron chi connectivity index (χ4n) is 3.19. The van der Waals surface area contributed by atoms with E-state index < -0.39 is 11.9 Å². The molecule has 0 heterocycles. The van der Waals surface area contributed by atoms with Crippen LogP contribution < -0.4 is 5.32 Å². The van der Waals surface area contributed by atoms with Crippen LogP contribution in [0.25, 0.3) is 0 Å².